The molecule has 156 valence electrons. The average molecular weight is 403 g/mol. The molecule has 5 heterocycles. The van der Waals surface area contributed by atoms with Gasteiger partial charge in [0.2, 0.25) is 0 Å². The van der Waals surface area contributed by atoms with E-state index in [1.165, 1.54) is 17.1 Å². The van der Waals surface area contributed by atoms with Crippen molar-refractivity contribution in [3.8, 4) is 0 Å². The first-order valence-electron chi connectivity index (χ1n) is 10.6. The van der Waals surface area contributed by atoms with Crippen LogP contribution in [0, 0.1) is 10.8 Å². The van der Waals surface area contributed by atoms with Crippen molar-refractivity contribution in [3.05, 3.63) is 69.8 Å². The third kappa shape index (κ3) is 3.18. The van der Waals surface area contributed by atoms with Crippen LogP contribution in [0.1, 0.15) is 63.3 Å². The van der Waals surface area contributed by atoms with E-state index >= 15 is 0 Å². The van der Waals surface area contributed by atoms with Crippen LogP contribution in [0.3, 0.4) is 0 Å². The number of rotatable bonds is 1. The van der Waals surface area contributed by atoms with Crippen molar-refractivity contribution in [1.82, 2.24) is 20.6 Å². The van der Waals surface area contributed by atoms with Gasteiger partial charge in [-0.1, -0.05) is 27.7 Å². The smallest absolute Gasteiger partial charge is 0.161 e. The second kappa shape index (κ2) is 6.46. The lowest BCUT2D eigenvalue weighted by Gasteiger charge is -2.17. The molecule has 0 amide bonds. The molecule has 0 unspecified atom stereocenters. The van der Waals surface area contributed by atoms with Crippen LogP contribution in [0.5, 0.6) is 0 Å². The van der Waals surface area contributed by atoms with Gasteiger partial charge in [0, 0.05) is 51.4 Å². The number of aromatic nitrogens is 2. The van der Waals surface area contributed by atoms with E-state index in [0.717, 1.165) is 47.1 Å². The zero-order valence-corrected chi connectivity index (χ0v) is 18.4. The first-order valence-corrected chi connectivity index (χ1v) is 10.6. The normalized spacial score (nSPS) is 21.4. The molecule has 8 bridgehead atoms. The van der Waals surface area contributed by atoms with Gasteiger partial charge in [-0.3, -0.25) is 0 Å². The molecule has 0 aliphatic carbocycles. The Morgan fingerprint density at radius 3 is 2.07 bits per heavy atom. The van der Waals surface area contributed by atoms with Crippen molar-refractivity contribution in [2.24, 2.45) is 10.8 Å². The van der Waals surface area contributed by atoms with Crippen molar-refractivity contribution in [1.29, 1.82) is 0 Å². The summed E-state index contributed by atoms with van der Waals surface area (Å²) in [5, 5.41) is 7.28. The monoisotopic (exact) mass is 402 g/mol. The Morgan fingerprint density at radius 2 is 1.33 bits per heavy atom. The number of methoxy groups -OCH3 is 1. The van der Waals surface area contributed by atoms with Crippen molar-refractivity contribution in [3.63, 3.8) is 0 Å². The van der Waals surface area contributed by atoms with Crippen molar-refractivity contribution in [2.45, 2.75) is 40.5 Å². The summed E-state index contributed by atoms with van der Waals surface area (Å²) in [7, 11) is 1.74. The number of H-pyrrole nitrogens is 2. The molecule has 0 atom stereocenters. The maximum absolute atomic E-state index is 5.85. The second-order valence-corrected chi connectivity index (χ2v) is 9.87. The highest BCUT2D eigenvalue weighted by Crippen LogP contribution is 2.43. The van der Waals surface area contributed by atoms with Crippen LogP contribution in [0.2, 0.25) is 0 Å². The highest BCUT2D eigenvalue weighted by Gasteiger charge is 2.35. The molecule has 3 aliphatic rings. The lowest BCUT2D eigenvalue weighted by Crippen LogP contribution is -2.13. The Balaban J connectivity index is 1.70. The number of nitrogens with one attached hydrogen (secondary N) is 4. The summed E-state index contributed by atoms with van der Waals surface area (Å²) < 4.78 is 5.85. The standard InChI is InChI=1S/C25H30N4O/c1-24(2)13-18-10-15-6-7-16(26-15)11-22-25(3,4)14-20(29-22)23(30-5)19-9-8-17(27-19)12-21(24)28-18/h6-12,26-29H,13-14H2,1-5H3. The first-order chi connectivity index (χ1) is 14.2. The fraction of sp³-hybridized carbons (Fsp3) is 0.360. The number of hydrogen-bond acceptors (Lipinski definition) is 3. The third-order valence-corrected chi connectivity index (χ3v) is 6.38. The molecule has 3 aliphatic heterocycles. The van der Waals surface area contributed by atoms with Gasteiger partial charge in [-0.05, 0) is 48.9 Å². The minimum absolute atomic E-state index is 0.00114. The molecule has 0 saturated carbocycles. The fourth-order valence-electron chi connectivity index (χ4n) is 4.68. The third-order valence-electron chi connectivity index (χ3n) is 6.38. The van der Waals surface area contributed by atoms with Gasteiger partial charge in [0.25, 0.3) is 0 Å². The minimum atomic E-state index is -0.00114. The summed E-state index contributed by atoms with van der Waals surface area (Å²) in [5.74, 6) is 0.870. The van der Waals surface area contributed by atoms with Gasteiger partial charge < -0.3 is 25.3 Å². The summed E-state index contributed by atoms with van der Waals surface area (Å²) in [4.78, 5) is 7.09. The highest BCUT2D eigenvalue weighted by molar-refractivity contribution is 5.67. The van der Waals surface area contributed by atoms with Crippen molar-refractivity contribution < 1.29 is 4.74 Å². The van der Waals surface area contributed by atoms with Gasteiger partial charge in [0.15, 0.2) is 5.76 Å². The predicted molar refractivity (Wildman–Crippen MR) is 123 cm³/mol. The van der Waals surface area contributed by atoms with E-state index in [2.05, 4.69) is 90.8 Å². The Hall–Kier alpha value is -3.08. The van der Waals surface area contributed by atoms with Crippen molar-refractivity contribution >= 4 is 24.0 Å². The Kier molecular flexibility index (Phi) is 4.07. The van der Waals surface area contributed by atoms with Gasteiger partial charge in [-0.15, -0.1) is 0 Å². The lowest BCUT2D eigenvalue weighted by atomic mass is 9.87. The SMILES string of the molecule is COC1=C2CC(C)(C)C(=Cc3ccc([nH]3)C=C3CC(C)(C)C(=Cc4ccc1[nH]4)N3)N2. The number of aromatic amines is 2. The van der Waals surface area contributed by atoms with Crippen LogP contribution in [-0.4, -0.2) is 17.1 Å². The Morgan fingerprint density at radius 1 is 0.733 bits per heavy atom. The Bertz CT molecular complexity index is 1130. The Labute approximate surface area is 178 Å². The van der Waals surface area contributed by atoms with Crippen LogP contribution in [0.15, 0.2) is 47.1 Å². The molecule has 2 saturated heterocycles. The van der Waals surface area contributed by atoms with Crippen LogP contribution >= 0.6 is 0 Å². The van der Waals surface area contributed by atoms with Crippen LogP contribution < -0.4 is 10.6 Å². The van der Waals surface area contributed by atoms with Gasteiger partial charge >= 0.3 is 0 Å². The average Bonchev–Trinajstić information content (AvgIpc) is 3.40. The topological polar surface area (TPSA) is 64.9 Å². The predicted octanol–water partition coefficient (Wildman–Crippen LogP) is 5.43. The van der Waals surface area contributed by atoms with E-state index < -0.39 is 0 Å². The molecule has 0 aromatic carbocycles. The van der Waals surface area contributed by atoms with E-state index in [0.29, 0.717) is 0 Å². The lowest BCUT2D eigenvalue weighted by molar-refractivity contribution is 0.361. The molecule has 4 N–H and O–H groups in total. The quantitative estimate of drug-likeness (QED) is 0.514. The molecule has 5 rings (SSSR count). The number of fused-ring (bicyclic) bond motifs is 8. The highest BCUT2D eigenvalue weighted by atomic mass is 16.5. The van der Waals surface area contributed by atoms with Crippen LogP contribution in [-0.2, 0) is 4.74 Å². The van der Waals surface area contributed by atoms with Crippen molar-refractivity contribution in [2.75, 3.05) is 7.11 Å². The largest absolute Gasteiger partial charge is 0.493 e. The van der Waals surface area contributed by atoms with E-state index in [1.807, 2.05) is 0 Å². The van der Waals surface area contributed by atoms with E-state index in [9.17, 15) is 0 Å². The molecule has 0 spiro atoms. The molecule has 30 heavy (non-hydrogen) atoms. The molecule has 2 fully saturated rings. The first kappa shape index (κ1) is 18.9. The van der Waals surface area contributed by atoms with Gasteiger partial charge in [0.1, 0.15) is 0 Å². The fourth-order valence-corrected chi connectivity index (χ4v) is 4.68. The maximum Gasteiger partial charge on any atom is 0.161 e. The number of ether oxygens (including phenoxy) is 1. The van der Waals surface area contributed by atoms with Gasteiger partial charge in [-0.25, -0.2) is 0 Å². The zero-order chi connectivity index (χ0) is 21.1. The number of hydrogen-bond donors (Lipinski definition) is 4. The van der Waals surface area contributed by atoms with Gasteiger partial charge in [-0.2, -0.15) is 0 Å². The molecule has 0 radical (unpaired) electrons. The summed E-state index contributed by atoms with van der Waals surface area (Å²) in [6.07, 6.45) is 8.52. The summed E-state index contributed by atoms with van der Waals surface area (Å²) >= 11 is 0. The van der Waals surface area contributed by atoms with E-state index in [4.69, 9.17) is 4.74 Å². The maximum atomic E-state index is 5.85. The van der Waals surface area contributed by atoms with Crippen LogP contribution in [0.4, 0.5) is 0 Å². The minimum Gasteiger partial charge on any atom is -0.493 e. The molecule has 2 aromatic heterocycles. The number of allylic oxidation sites excluding steroid dienone is 4. The molecule has 2 aromatic rings. The zero-order valence-electron chi connectivity index (χ0n) is 18.4. The molecule has 5 heteroatoms. The summed E-state index contributed by atoms with van der Waals surface area (Å²) in [6.45, 7) is 9.09. The summed E-state index contributed by atoms with van der Waals surface area (Å²) in [6, 6.07) is 8.50. The molecular weight excluding hydrogens is 372 g/mol. The molecular formula is C25H30N4O. The molecule has 5 nitrogen and oxygen atoms in total. The van der Waals surface area contributed by atoms with Gasteiger partial charge in [0.05, 0.1) is 18.5 Å². The van der Waals surface area contributed by atoms with Crippen LogP contribution in [0.25, 0.3) is 24.0 Å². The van der Waals surface area contributed by atoms with E-state index in [1.54, 1.807) is 7.11 Å². The summed E-state index contributed by atoms with van der Waals surface area (Å²) in [5.41, 5.74) is 9.06. The second-order valence-electron chi connectivity index (χ2n) is 9.87. The van der Waals surface area contributed by atoms with E-state index in [-0.39, 0.29) is 10.8 Å².